The minimum absolute atomic E-state index is 0.463. The molecule has 2 aromatic rings. The average molecular weight is 208 g/mol. The highest BCUT2D eigenvalue weighted by Gasteiger charge is 2.15. The maximum Gasteiger partial charge on any atom is 0.298 e. The molecule has 0 saturated heterocycles. The maximum absolute atomic E-state index is 5.15. The summed E-state index contributed by atoms with van der Waals surface area (Å²) in [6.07, 6.45) is 1.45. The molecule has 6 heteroatoms. The van der Waals surface area contributed by atoms with Crippen LogP contribution in [-0.2, 0) is 6.54 Å². The summed E-state index contributed by atoms with van der Waals surface area (Å²) in [6, 6.07) is 0.520. The second-order valence-electron chi connectivity index (χ2n) is 2.90. The number of fused-ring (bicyclic) bond motifs is 1. The lowest BCUT2D eigenvalue weighted by molar-refractivity contribution is 0.361. The van der Waals surface area contributed by atoms with Crippen LogP contribution in [0.15, 0.2) is 6.33 Å². The molecular formula is C9H12N4O2. The van der Waals surface area contributed by atoms with Crippen molar-refractivity contribution in [2.75, 3.05) is 14.2 Å². The highest BCUT2D eigenvalue weighted by atomic mass is 16.5. The summed E-state index contributed by atoms with van der Waals surface area (Å²) in [5.74, 6) is 0.463. The summed E-state index contributed by atoms with van der Waals surface area (Å²) in [5.41, 5.74) is 1.35. The van der Waals surface area contributed by atoms with Gasteiger partial charge in [-0.15, -0.1) is 0 Å². The van der Waals surface area contributed by atoms with Crippen molar-refractivity contribution in [3.05, 3.63) is 6.33 Å². The van der Waals surface area contributed by atoms with E-state index < -0.39 is 0 Å². The fourth-order valence-corrected chi connectivity index (χ4v) is 1.49. The van der Waals surface area contributed by atoms with Crippen LogP contribution in [0.4, 0.5) is 0 Å². The molecule has 0 saturated carbocycles. The predicted octanol–water partition coefficient (Wildman–Crippen LogP) is 0.863. The molecule has 0 radical (unpaired) electrons. The third kappa shape index (κ3) is 1.38. The number of ether oxygens (including phenoxy) is 2. The van der Waals surface area contributed by atoms with Crippen LogP contribution in [0.2, 0.25) is 0 Å². The number of hydrogen-bond donors (Lipinski definition) is 0. The van der Waals surface area contributed by atoms with E-state index in [0.717, 1.165) is 12.2 Å². The van der Waals surface area contributed by atoms with Gasteiger partial charge in [-0.2, -0.15) is 9.97 Å². The van der Waals surface area contributed by atoms with Crippen molar-refractivity contribution < 1.29 is 9.47 Å². The number of rotatable bonds is 3. The second-order valence-corrected chi connectivity index (χ2v) is 2.90. The molecule has 0 atom stereocenters. The van der Waals surface area contributed by atoms with Gasteiger partial charge in [-0.1, -0.05) is 0 Å². The van der Waals surface area contributed by atoms with Crippen molar-refractivity contribution in [3.63, 3.8) is 0 Å². The lowest BCUT2D eigenvalue weighted by Gasteiger charge is -2.02. The van der Waals surface area contributed by atoms with Gasteiger partial charge < -0.3 is 9.47 Å². The van der Waals surface area contributed by atoms with Gasteiger partial charge in [0, 0.05) is 6.54 Å². The van der Waals surface area contributed by atoms with Crippen LogP contribution in [0.25, 0.3) is 11.2 Å². The van der Waals surface area contributed by atoms with Crippen molar-refractivity contribution in [2.24, 2.45) is 0 Å². The summed E-state index contributed by atoms with van der Waals surface area (Å²) < 4.78 is 12.1. The van der Waals surface area contributed by atoms with Gasteiger partial charge in [-0.05, 0) is 6.92 Å². The minimum atomic E-state index is 0.463. The van der Waals surface area contributed by atoms with Crippen molar-refractivity contribution in [1.82, 2.24) is 19.5 Å². The minimum Gasteiger partial charge on any atom is -0.479 e. The van der Waals surface area contributed by atoms with Crippen molar-refractivity contribution in [3.8, 4) is 11.9 Å². The van der Waals surface area contributed by atoms with E-state index in [4.69, 9.17) is 9.47 Å². The van der Waals surface area contributed by atoms with Crippen LogP contribution < -0.4 is 9.47 Å². The topological polar surface area (TPSA) is 62.1 Å². The van der Waals surface area contributed by atoms with Gasteiger partial charge in [0.2, 0.25) is 5.88 Å². The van der Waals surface area contributed by atoms with E-state index in [2.05, 4.69) is 15.0 Å². The van der Waals surface area contributed by atoms with E-state index >= 15 is 0 Å². The van der Waals surface area contributed by atoms with Crippen LogP contribution in [0.3, 0.4) is 0 Å². The fourth-order valence-electron chi connectivity index (χ4n) is 1.49. The normalized spacial score (nSPS) is 10.6. The summed E-state index contributed by atoms with van der Waals surface area (Å²) in [4.78, 5) is 12.4. The number of nitrogens with zero attached hydrogens (tertiary/aromatic N) is 4. The van der Waals surface area contributed by atoms with Crippen LogP contribution >= 0.6 is 0 Å². The van der Waals surface area contributed by atoms with E-state index in [1.54, 1.807) is 14.2 Å². The molecule has 0 fully saturated rings. The highest BCUT2D eigenvalue weighted by molar-refractivity contribution is 5.77. The van der Waals surface area contributed by atoms with Crippen LogP contribution in [0.1, 0.15) is 6.92 Å². The molecule has 0 unspecified atom stereocenters. The number of imidazole rings is 1. The molecule has 2 heterocycles. The third-order valence-corrected chi connectivity index (χ3v) is 2.16. The van der Waals surface area contributed by atoms with Gasteiger partial charge >= 0.3 is 0 Å². The van der Waals surface area contributed by atoms with E-state index in [0.29, 0.717) is 17.4 Å². The first-order valence-corrected chi connectivity index (χ1v) is 4.61. The van der Waals surface area contributed by atoms with Crippen molar-refractivity contribution in [2.45, 2.75) is 13.5 Å². The van der Waals surface area contributed by atoms with Crippen molar-refractivity contribution >= 4 is 11.2 Å². The largest absolute Gasteiger partial charge is 0.479 e. The van der Waals surface area contributed by atoms with Gasteiger partial charge in [0.1, 0.15) is 6.33 Å². The molecule has 6 nitrogen and oxygen atoms in total. The monoisotopic (exact) mass is 208 g/mol. The maximum atomic E-state index is 5.15. The highest BCUT2D eigenvalue weighted by Crippen LogP contribution is 2.24. The quantitative estimate of drug-likeness (QED) is 0.748. The summed E-state index contributed by atoms with van der Waals surface area (Å²) in [5, 5.41) is 0. The standard InChI is InChI=1S/C9H12N4O2/c1-4-13-7-6(12-9(13)15-3)8(14-2)11-5-10-7/h5H,4H2,1-3H3. The Labute approximate surface area is 86.9 Å². The average Bonchev–Trinajstić information content (AvgIpc) is 2.66. The Morgan fingerprint density at radius 3 is 2.67 bits per heavy atom. The van der Waals surface area contributed by atoms with Gasteiger partial charge in [0.25, 0.3) is 6.01 Å². The van der Waals surface area contributed by atoms with E-state index in [9.17, 15) is 0 Å². The smallest absolute Gasteiger partial charge is 0.298 e. The van der Waals surface area contributed by atoms with Crippen LogP contribution in [0.5, 0.6) is 11.9 Å². The Morgan fingerprint density at radius 2 is 2.07 bits per heavy atom. The van der Waals surface area contributed by atoms with E-state index in [1.807, 2.05) is 11.5 Å². The molecule has 15 heavy (non-hydrogen) atoms. The zero-order chi connectivity index (χ0) is 10.8. The first-order valence-electron chi connectivity index (χ1n) is 4.61. The first kappa shape index (κ1) is 9.70. The molecule has 0 bridgehead atoms. The Bertz CT molecular complexity index is 480. The molecule has 0 aromatic carbocycles. The Morgan fingerprint density at radius 1 is 1.27 bits per heavy atom. The number of methoxy groups -OCH3 is 2. The molecule has 0 aliphatic rings. The van der Waals surface area contributed by atoms with Crippen LogP contribution in [-0.4, -0.2) is 33.7 Å². The Hall–Kier alpha value is -1.85. The predicted molar refractivity (Wildman–Crippen MR) is 54.1 cm³/mol. The summed E-state index contributed by atoms with van der Waals surface area (Å²) in [7, 11) is 3.13. The fraction of sp³-hybridized carbons (Fsp3) is 0.444. The third-order valence-electron chi connectivity index (χ3n) is 2.16. The van der Waals surface area contributed by atoms with E-state index in [1.165, 1.54) is 6.33 Å². The molecule has 0 N–H and O–H groups in total. The molecule has 0 aliphatic heterocycles. The first-order chi connectivity index (χ1) is 7.31. The molecule has 0 aliphatic carbocycles. The molecule has 80 valence electrons. The SMILES string of the molecule is CCn1c(OC)nc2c(OC)ncnc21. The number of aromatic nitrogens is 4. The molecule has 2 rings (SSSR count). The second kappa shape index (κ2) is 3.72. The number of aryl methyl sites for hydroxylation is 1. The molecule has 0 spiro atoms. The summed E-state index contributed by atoms with van der Waals surface area (Å²) >= 11 is 0. The van der Waals surface area contributed by atoms with Gasteiger partial charge in [0.05, 0.1) is 14.2 Å². The van der Waals surface area contributed by atoms with Gasteiger partial charge in [0.15, 0.2) is 11.2 Å². The van der Waals surface area contributed by atoms with E-state index in [-0.39, 0.29) is 0 Å². The van der Waals surface area contributed by atoms with Gasteiger partial charge in [-0.25, -0.2) is 4.98 Å². The molecule has 0 amide bonds. The Balaban J connectivity index is 2.75. The number of hydrogen-bond acceptors (Lipinski definition) is 5. The lowest BCUT2D eigenvalue weighted by atomic mass is 10.5. The van der Waals surface area contributed by atoms with Gasteiger partial charge in [-0.3, -0.25) is 4.57 Å². The van der Waals surface area contributed by atoms with Crippen LogP contribution in [0, 0.1) is 0 Å². The summed E-state index contributed by atoms with van der Waals surface area (Å²) in [6.45, 7) is 2.73. The van der Waals surface area contributed by atoms with Crippen molar-refractivity contribution in [1.29, 1.82) is 0 Å². The molecular weight excluding hydrogens is 196 g/mol. The Kier molecular flexibility index (Phi) is 2.40. The zero-order valence-corrected chi connectivity index (χ0v) is 8.89. The zero-order valence-electron chi connectivity index (χ0n) is 8.89. The molecule has 2 aromatic heterocycles. The lowest BCUT2D eigenvalue weighted by Crippen LogP contribution is -1.99.